The number of aliphatic imine (C=N–C) groups is 1. The molecular weight excluding hydrogens is 264 g/mol. The number of hydrogen-bond donors (Lipinski definition) is 1. The monoisotopic (exact) mass is 288 g/mol. The molecule has 1 N–H and O–H groups in total. The molecule has 1 aliphatic rings. The molecule has 2 rings (SSSR count). The summed E-state index contributed by atoms with van der Waals surface area (Å²) in [6, 6.07) is 7.86. The average molecular weight is 288 g/mol. The zero-order valence-electron chi connectivity index (χ0n) is 13.1. The summed E-state index contributed by atoms with van der Waals surface area (Å²) in [6.45, 7) is 7.35. The Kier molecular flexibility index (Phi) is 5.37. The highest BCUT2D eigenvalue weighted by Gasteiger charge is 2.21. The van der Waals surface area contributed by atoms with E-state index < -0.39 is 0 Å². The SMILES string of the molecule is Cc1ccccc1C(=O)NC(=NCC1CC1)OCC(C)C. The maximum atomic E-state index is 12.3. The van der Waals surface area contributed by atoms with Crippen LogP contribution in [0.15, 0.2) is 29.3 Å². The number of amidine groups is 1. The molecule has 1 aromatic rings. The molecule has 0 bridgehead atoms. The van der Waals surface area contributed by atoms with Crippen LogP contribution in [0.1, 0.15) is 42.6 Å². The molecule has 21 heavy (non-hydrogen) atoms. The first-order valence-corrected chi connectivity index (χ1v) is 7.60. The second-order valence-corrected chi connectivity index (χ2v) is 6.06. The van der Waals surface area contributed by atoms with Crippen LogP contribution in [0.4, 0.5) is 0 Å². The van der Waals surface area contributed by atoms with E-state index >= 15 is 0 Å². The largest absolute Gasteiger partial charge is 0.465 e. The zero-order valence-corrected chi connectivity index (χ0v) is 13.1. The predicted molar refractivity (Wildman–Crippen MR) is 84.5 cm³/mol. The van der Waals surface area contributed by atoms with Gasteiger partial charge in [0.25, 0.3) is 11.9 Å². The minimum Gasteiger partial charge on any atom is -0.465 e. The lowest BCUT2D eigenvalue weighted by Crippen LogP contribution is -2.34. The van der Waals surface area contributed by atoms with Crippen LogP contribution >= 0.6 is 0 Å². The summed E-state index contributed by atoms with van der Waals surface area (Å²) in [6.07, 6.45) is 2.46. The van der Waals surface area contributed by atoms with Crippen LogP contribution in [0.5, 0.6) is 0 Å². The summed E-state index contributed by atoms with van der Waals surface area (Å²) in [5, 5.41) is 2.80. The van der Waals surface area contributed by atoms with Gasteiger partial charge in [-0.15, -0.1) is 0 Å². The van der Waals surface area contributed by atoms with Crippen LogP contribution in [0.3, 0.4) is 0 Å². The van der Waals surface area contributed by atoms with Crippen molar-refractivity contribution in [3.8, 4) is 0 Å². The number of nitrogens with one attached hydrogen (secondary N) is 1. The normalized spacial score (nSPS) is 15.1. The van der Waals surface area contributed by atoms with Gasteiger partial charge < -0.3 is 4.74 Å². The van der Waals surface area contributed by atoms with E-state index in [0.29, 0.717) is 30.0 Å². The van der Waals surface area contributed by atoms with Gasteiger partial charge in [0, 0.05) is 12.1 Å². The second-order valence-electron chi connectivity index (χ2n) is 6.06. The van der Waals surface area contributed by atoms with Crippen LogP contribution in [0, 0.1) is 18.8 Å². The molecule has 0 heterocycles. The molecular formula is C17H24N2O2. The minimum absolute atomic E-state index is 0.161. The summed E-state index contributed by atoms with van der Waals surface area (Å²) in [7, 11) is 0. The molecule has 1 aromatic carbocycles. The smallest absolute Gasteiger partial charge is 0.291 e. The Morgan fingerprint density at radius 3 is 2.71 bits per heavy atom. The van der Waals surface area contributed by atoms with Crippen molar-refractivity contribution in [2.45, 2.75) is 33.6 Å². The van der Waals surface area contributed by atoms with Gasteiger partial charge in [-0.05, 0) is 43.2 Å². The van der Waals surface area contributed by atoms with Crippen LogP contribution in [-0.4, -0.2) is 25.1 Å². The van der Waals surface area contributed by atoms with Gasteiger partial charge in [-0.1, -0.05) is 32.0 Å². The summed E-state index contributed by atoms with van der Waals surface area (Å²) >= 11 is 0. The number of rotatable bonds is 5. The lowest BCUT2D eigenvalue weighted by Gasteiger charge is -2.13. The van der Waals surface area contributed by atoms with Crippen molar-refractivity contribution >= 4 is 11.9 Å². The molecule has 114 valence electrons. The average Bonchev–Trinajstić information content (AvgIpc) is 3.26. The van der Waals surface area contributed by atoms with Crippen molar-refractivity contribution in [3.05, 3.63) is 35.4 Å². The van der Waals surface area contributed by atoms with Gasteiger partial charge in [0.05, 0.1) is 6.61 Å². The number of ether oxygens (including phenoxy) is 1. The second kappa shape index (κ2) is 7.25. The van der Waals surface area contributed by atoms with E-state index in [2.05, 4.69) is 24.2 Å². The molecule has 0 aliphatic heterocycles. The standard InChI is InChI=1S/C17H24N2O2/c1-12(2)11-21-17(18-10-14-8-9-14)19-16(20)15-7-5-4-6-13(15)3/h4-7,12,14H,8-11H2,1-3H3,(H,18,19,20). The number of carbonyl (C=O) groups is 1. The third-order valence-electron chi connectivity index (χ3n) is 3.35. The lowest BCUT2D eigenvalue weighted by atomic mass is 10.1. The van der Waals surface area contributed by atoms with E-state index in [1.54, 1.807) is 0 Å². The quantitative estimate of drug-likeness (QED) is 0.668. The van der Waals surface area contributed by atoms with Gasteiger partial charge in [0.1, 0.15) is 0 Å². The first-order valence-electron chi connectivity index (χ1n) is 7.60. The maximum absolute atomic E-state index is 12.3. The molecule has 0 atom stereocenters. The first-order chi connectivity index (χ1) is 10.1. The van der Waals surface area contributed by atoms with Gasteiger partial charge in [0.2, 0.25) is 0 Å². The molecule has 0 radical (unpaired) electrons. The van der Waals surface area contributed by atoms with Crippen molar-refractivity contribution < 1.29 is 9.53 Å². The van der Waals surface area contributed by atoms with Crippen molar-refractivity contribution in [3.63, 3.8) is 0 Å². The first kappa shape index (κ1) is 15.5. The summed E-state index contributed by atoms with van der Waals surface area (Å²) in [5.74, 6) is 0.899. The molecule has 0 spiro atoms. The van der Waals surface area contributed by atoms with Gasteiger partial charge in [0.15, 0.2) is 0 Å². The molecule has 0 aromatic heterocycles. The fourth-order valence-corrected chi connectivity index (χ4v) is 1.87. The van der Waals surface area contributed by atoms with E-state index in [-0.39, 0.29) is 5.91 Å². The van der Waals surface area contributed by atoms with Gasteiger partial charge in [-0.2, -0.15) is 0 Å². The van der Waals surface area contributed by atoms with Crippen molar-refractivity contribution in [2.24, 2.45) is 16.8 Å². The number of benzene rings is 1. The third-order valence-corrected chi connectivity index (χ3v) is 3.35. The number of aryl methyl sites for hydroxylation is 1. The zero-order chi connectivity index (χ0) is 15.2. The molecule has 4 heteroatoms. The molecule has 1 saturated carbocycles. The lowest BCUT2D eigenvalue weighted by molar-refractivity contribution is 0.0962. The Balaban J connectivity index is 2.00. The van der Waals surface area contributed by atoms with Crippen LogP contribution < -0.4 is 5.32 Å². The Bertz CT molecular complexity index is 519. The maximum Gasteiger partial charge on any atom is 0.291 e. The Morgan fingerprint density at radius 1 is 1.38 bits per heavy atom. The van der Waals surface area contributed by atoms with Gasteiger partial charge in [-0.3, -0.25) is 10.1 Å². The Morgan fingerprint density at radius 2 is 2.10 bits per heavy atom. The van der Waals surface area contributed by atoms with Crippen LogP contribution in [-0.2, 0) is 4.74 Å². The Labute approximate surface area is 126 Å². The van der Waals surface area contributed by atoms with E-state index in [4.69, 9.17) is 4.74 Å². The molecule has 1 amide bonds. The molecule has 0 saturated heterocycles. The van der Waals surface area contributed by atoms with Crippen molar-refractivity contribution in [1.29, 1.82) is 0 Å². The highest BCUT2D eigenvalue weighted by atomic mass is 16.5. The topological polar surface area (TPSA) is 50.7 Å². The molecule has 4 nitrogen and oxygen atoms in total. The highest BCUT2D eigenvalue weighted by molar-refractivity contribution is 6.04. The van der Waals surface area contributed by atoms with Crippen molar-refractivity contribution in [1.82, 2.24) is 5.32 Å². The number of amides is 1. The molecule has 1 aliphatic carbocycles. The Hall–Kier alpha value is -1.84. The van der Waals surface area contributed by atoms with E-state index in [9.17, 15) is 4.79 Å². The summed E-state index contributed by atoms with van der Waals surface area (Å²) in [5.41, 5.74) is 1.60. The number of carbonyl (C=O) groups excluding carboxylic acids is 1. The fraction of sp³-hybridized carbons (Fsp3) is 0.529. The molecule has 0 unspecified atom stereocenters. The minimum atomic E-state index is -0.161. The van der Waals surface area contributed by atoms with E-state index in [1.165, 1.54) is 12.8 Å². The van der Waals surface area contributed by atoms with Crippen molar-refractivity contribution in [2.75, 3.05) is 13.2 Å². The number of hydrogen-bond acceptors (Lipinski definition) is 3. The highest BCUT2D eigenvalue weighted by Crippen LogP contribution is 2.28. The van der Waals surface area contributed by atoms with Gasteiger partial charge >= 0.3 is 0 Å². The van der Waals surface area contributed by atoms with Crippen LogP contribution in [0.2, 0.25) is 0 Å². The predicted octanol–water partition coefficient (Wildman–Crippen LogP) is 3.16. The van der Waals surface area contributed by atoms with Crippen LogP contribution in [0.25, 0.3) is 0 Å². The molecule has 1 fully saturated rings. The summed E-state index contributed by atoms with van der Waals surface area (Å²) < 4.78 is 5.63. The fourth-order valence-electron chi connectivity index (χ4n) is 1.87. The number of nitrogens with zero attached hydrogens (tertiary/aromatic N) is 1. The third kappa shape index (κ3) is 5.21. The van der Waals surface area contributed by atoms with Gasteiger partial charge in [-0.25, -0.2) is 4.99 Å². The van der Waals surface area contributed by atoms with E-state index in [1.807, 2.05) is 31.2 Å². The summed E-state index contributed by atoms with van der Waals surface area (Å²) in [4.78, 5) is 16.7. The van der Waals surface area contributed by atoms with E-state index in [0.717, 1.165) is 12.1 Å².